The van der Waals surface area contributed by atoms with Gasteiger partial charge in [0.05, 0.1) is 7.11 Å². The lowest BCUT2D eigenvalue weighted by Crippen LogP contribution is -2.36. The van der Waals surface area contributed by atoms with E-state index in [0.29, 0.717) is 6.42 Å². The van der Waals surface area contributed by atoms with Crippen molar-refractivity contribution in [1.82, 2.24) is 4.31 Å². The number of aromatic carboxylic acids is 1. The molecule has 0 atom stereocenters. The number of ether oxygens (including phenoxy) is 1. The molecule has 9 heteroatoms. The van der Waals surface area contributed by atoms with Crippen LogP contribution in [-0.2, 0) is 19.6 Å². The van der Waals surface area contributed by atoms with Crippen LogP contribution in [0.25, 0.3) is 0 Å². The highest BCUT2D eigenvalue weighted by Crippen LogP contribution is 2.19. The first kappa shape index (κ1) is 16.2. The van der Waals surface area contributed by atoms with Gasteiger partial charge in [0.25, 0.3) is 10.0 Å². The normalized spacial score (nSPS) is 11.6. The van der Waals surface area contributed by atoms with Gasteiger partial charge in [0.1, 0.15) is 6.54 Å². The number of furan rings is 1. The minimum atomic E-state index is -4.08. The number of carbonyl (C=O) groups excluding carboxylic acids is 1. The maximum Gasteiger partial charge on any atom is 0.371 e. The summed E-state index contributed by atoms with van der Waals surface area (Å²) < 4.78 is 34.6. The molecule has 1 rings (SSSR count). The molecule has 1 heterocycles. The Morgan fingerprint density at radius 1 is 1.40 bits per heavy atom. The maximum atomic E-state index is 12.2. The van der Waals surface area contributed by atoms with Gasteiger partial charge >= 0.3 is 11.9 Å². The van der Waals surface area contributed by atoms with Crippen LogP contribution in [-0.4, -0.2) is 50.0 Å². The topological polar surface area (TPSA) is 114 Å². The van der Waals surface area contributed by atoms with Crippen molar-refractivity contribution in [3.05, 3.63) is 17.9 Å². The van der Waals surface area contributed by atoms with Gasteiger partial charge in [-0.1, -0.05) is 6.92 Å². The standard InChI is InChI=1S/C11H15NO7S/c1-3-6-12(7-9(13)18-2)20(16,17)10-5-4-8(19-10)11(14)15/h4-5H,3,6-7H2,1-2H3,(H,14,15). The second kappa shape index (κ2) is 6.53. The van der Waals surface area contributed by atoms with E-state index in [1.807, 2.05) is 0 Å². The molecule has 112 valence electrons. The summed E-state index contributed by atoms with van der Waals surface area (Å²) in [5.74, 6) is -2.58. The SMILES string of the molecule is CCCN(CC(=O)OC)S(=O)(=O)c1ccc(C(=O)O)o1. The Balaban J connectivity index is 3.08. The first-order chi connectivity index (χ1) is 9.32. The van der Waals surface area contributed by atoms with E-state index < -0.39 is 39.4 Å². The Morgan fingerprint density at radius 3 is 2.50 bits per heavy atom. The van der Waals surface area contributed by atoms with E-state index >= 15 is 0 Å². The van der Waals surface area contributed by atoms with Crippen LogP contribution in [0.15, 0.2) is 21.6 Å². The Hall–Kier alpha value is -1.87. The van der Waals surface area contributed by atoms with E-state index in [-0.39, 0.29) is 6.54 Å². The van der Waals surface area contributed by atoms with E-state index in [0.717, 1.165) is 23.5 Å². The third kappa shape index (κ3) is 3.58. The zero-order valence-corrected chi connectivity index (χ0v) is 11.8. The zero-order chi connectivity index (χ0) is 15.3. The van der Waals surface area contributed by atoms with Crippen LogP contribution in [0.2, 0.25) is 0 Å². The highest BCUT2D eigenvalue weighted by atomic mass is 32.2. The van der Waals surface area contributed by atoms with Crippen LogP contribution in [0.4, 0.5) is 0 Å². The lowest BCUT2D eigenvalue weighted by Gasteiger charge is -2.18. The lowest BCUT2D eigenvalue weighted by molar-refractivity contribution is -0.140. The molecule has 8 nitrogen and oxygen atoms in total. The summed E-state index contributed by atoms with van der Waals surface area (Å²) in [6.45, 7) is 1.36. The van der Waals surface area contributed by atoms with Crippen molar-refractivity contribution in [1.29, 1.82) is 0 Å². The average molecular weight is 305 g/mol. The van der Waals surface area contributed by atoms with Crippen molar-refractivity contribution < 1.29 is 32.3 Å². The fourth-order valence-electron chi connectivity index (χ4n) is 1.44. The van der Waals surface area contributed by atoms with Crippen molar-refractivity contribution >= 4 is 22.0 Å². The molecule has 0 aromatic carbocycles. The Bertz CT molecular complexity index is 590. The quantitative estimate of drug-likeness (QED) is 0.731. The Labute approximate surface area is 116 Å². The van der Waals surface area contributed by atoms with Crippen molar-refractivity contribution in [2.75, 3.05) is 20.2 Å². The van der Waals surface area contributed by atoms with Crippen molar-refractivity contribution in [3.63, 3.8) is 0 Å². The second-order valence-corrected chi connectivity index (χ2v) is 5.71. The highest BCUT2D eigenvalue weighted by Gasteiger charge is 2.30. The highest BCUT2D eigenvalue weighted by molar-refractivity contribution is 7.89. The molecule has 1 aromatic heterocycles. The number of hydrogen-bond acceptors (Lipinski definition) is 6. The van der Waals surface area contributed by atoms with Crippen LogP contribution in [0.3, 0.4) is 0 Å². The largest absolute Gasteiger partial charge is 0.475 e. The van der Waals surface area contributed by atoms with Gasteiger partial charge in [-0.2, -0.15) is 4.31 Å². The van der Waals surface area contributed by atoms with Crippen LogP contribution >= 0.6 is 0 Å². The summed E-state index contributed by atoms with van der Waals surface area (Å²) in [5.41, 5.74) is 0. The van der Waals surface area contributed by atoms with Crippen LogP contribution in [0, 0.1) is 0 Å². The molecule has 0 radical (unpaired) electrons. The Morgan fingerprint density at radius 2 is 2.05 bits per heavy atom. The van der Waals surface area contributed by atoms with E-state index in [1.165, 1.54) is 0 Å². The number of carboxylic acids is 1. The maximum absolute atomic E-state index is 12.2. The molecular formula is C11H15NO7S. The third-order valence-electron chi connectivity index (χ3n) is 2.39. The molecule has 0 aliphatic rings. The molecular weight excluding hydrogens is 290 g/mol. The third-order valence-corrected chi connectivity index (χ3v) is 4.11. The first-order valence-corrected chi connectivity index (χ1v) is 7.17. The molecule has 0 saturated carbocycles. The summed E-state index contributed by atoms with van der Waals surface area (Å²) in [4.78, 5) is 21.9. The predicted molar refractivity (Wildman–Crippen MR) is 66.7 cm³/mol. The number of nitrogens with zero attached hydrogens (tertiary/aromatic N) is 1. The molecule has 0 aliphatic heterocycles. The van der Waals surface area contributed by atoms with E-state index in [9.17, 15) is 18.0 Å². The number of esters is 1. The van der Waals surface area contributed by atoms with E-state index in [2.05, 4.69) is 4.74 Å². The number of carboxylic acid groups (broad SMARTS) is 1. The minimum Gasteiger partial charge on any atom is -0.475 e. The summed E-state index contributed by atoms with van der Waals surface area (Å²) in [5, 5.41) is 8.19. The molecule has 0 spiro atoms. The van der Waals surface area contributed by atoms with Gasteiger partial charge in [-0.3, -0.25) is 4.79 Å². The fraction of sp³-hybridized carbons (Fsp3) is 0.455. The number of rotatable bonds is 7. The summed E-state index contributed by atoms with van der Waals surface area (Å²) in [7, 11) is -2.93. The molecule has 0 bridgehead atoms. The average Bonchev–Trinajstić information content (AvgIpc) is 2.88. The van der Waals surface area contributed by atoms with Gasteiger partial charge in [0.2, 0.25) is 10.9 Å². The van der Waals surface area contributed by atoms with Crippen LogP contribution in [0.1, 0.15) is 23.9 Å². The smallest absolute Gasteiger partial charge is 0.371 e. The van der Waals surface area contributed by atoms with Gasteiger partial charge in [0, 0.05) is 6.54 Å². The molecule has 0 unspecified atom stereocenters. The van der Waals surface area contributed by atoms with Crippen LogP contribution in [0.5, 0.6) is 0 Å². The monoisotopic (exact) mass is 305 g/mol. The molecule has 1 aromatic rings. The molecule has 0 aliphatic carbocycles. The van der Waals surface area contributed by atoms with Gasteiger partial charge in [-0.05, 0) is 18.6 Å². The summed E-state index contributed by atoms with van der Waals surface area (Å²) in [6.07, 6.45) is 0.475. The zero-order valence-electron chi connectivity index (χ0n) is 11.0. The molecule has 0 fully saturated rings. The van der Waals surface area contributed by atoms with Gasteiger partial charge in [0.15, 0.2) is 0 Å². The van der Waals surface area contributed by atoms with E-state index in [4.69, 9.17) is 9.52 Å². The fourth-order valence-corrected chi connectivity index (χ4v) is 2.83. The van der Waals surface area contributed by atoms with Crippen molar-refractivity contribution in [2.24, 2.45) is 0 Å². The molecule has 0 saturated heterocycles. The molecule has 0 amide bonds. The molecule has 1 N–H and O–H groups in total. The number of carbonyl (C=O) groups is 2. The number of methoxy groups -OCH3 is 1. The lowest BCUT2D eigenvalue weighted by atomic mass is 10.5. The van der Waals surface area contributed by atoms with Crippen molar-refractivity contribution in [2.45, 2.75) is 18.4 Å². The second-order valence-electron chi connectivity index (χ2n) is 3.84. The van der Waals surface area contributed by atoms with Crippen LogP contribution < -0.4 is 0 Å². The number of hydrogen-bond donors (Lipinski definition) is 1. The number of sulfonamides is 1. The summed E-state index contributed by atoms with van der Waals surface area (Å²) >= 11 is 0. The van der Waals surface area contributed by atoms with Gasteiger partial charge < -0.3 is 14.3 Å². The minimum absolute atomic E-state index is 0.0839. The van der Waals surface area contributed by atoms with Gasteiger partial charge in [-0.25, -0.2) is 13.2 Å². The Kier molecular flexibility index (Phi) is 5.28. The molecule has 20 heavy (non-hydrogen) atoms. The van der Waals surface area contributed by atoms with Crippen molar-refractivity contribution in [3.8, 4) is 0 Å². The summed E-state index contributed by atoms with van der Waals surface area (Å²) in [6, 6.07) is 2.08. The van der Waals surface area contributed by atoms with E-state index in [1.54, 1.807) is 6.92 Å². The van der Waals surface area contributed by atoms with Gasteiger partial charge in [-0.15, -0.1) is 0 Å². The first-order valence-electron chi connectivity index (χ1n) is 5.73. The predicted octanol–water partition coefficient (Wildman–Crippen LogP) is 0.552.